The zero-order valence-electron chi connectivity index (χ0n) is 21.1. The van der Waals surface area contributed by atoms with Gasteiger partial charge in [0.15, 0.2) is 0 Å². The molecule has 0 rings (SSSR count). The molecular formula is C19H42N6O8. The Labute approximate surface area is 195 Å². The number of ether oxygens (including phenoxy) is 2. The molecule has 0 fully saturated rings. The number of rotatable bonds is 4. The largest absolute Gasteiger partial charge is 0.481 e. The van der Waals surface area contributed by atoms with Gasteiger partial charge in [-0.2, -0.15) is 0 Å². The molecule has 0 unspecified atom stereocenters. The second kappa shape index (κ2) is 20.8. The van der Waals surface area contributed by atoms with Gasteiger partial charge in [0.2, 0.25) is 11.8 Å². The molecule has 0 aromatic rings. The van der Waals surface area contributed by atoms with E-state index >= 15 is 0 Å². The fourth-order valence-corrected chi connectivity index (χ4v) is 1.10. The Kier molecular flexibility index (Phi) is 23.4. The number of carboxylic acids is 1. The maximum Gasteiger partial charge on any atom is 0.409 e. The summed E-state index contributed by atoms with van der Waals surface area (Å²) in [5, 5.41) is 16.9. The summed E-state index contributed by atoms with van der Waals surface area (Å²) in [5.41, 5.74) is 8.98. The van der Waals surface area contributed by atoms with Crippen LogP contribution in [0, 0.1) is 0 Å². The standard InChI is InChI=1S/C8H16N2O3.C6H14N2O2.C3H8N2O.C2H4O2/c1-6(11)9-5-10-7(12)13-8(2,3)4;1-6(2,3)10-5(9)8-4-7;1-3(6)5-2-4;1-2(3)4/h5H2,1-4H3,(H,9,11)(H,10,12);4,7H2,1-3H3,(H,8,9);2,4H2,1H3,(H,5,6);1H3,(H,3,4). The molecule has 0 saturated heterocycles. The van der Waals surface area contributed by atoms with E-state index in [1.807, 2.05) is 0 Å². The van der Waals surface area contributed by atoms with E-state index in [-0.39, 0.29) is 31.8 Å². The average Bonchev–Trinajstić information content (AvgIpc) is 2.51. The van der Waals surface area contributed by atoms with Crippen molar-refractivity contribution in [3.8, 4) is 0 Å². The van der Waals surface area contributed by atoms with Crippen LogP contribution in [0.3, 0.4) is 0 Å². The van der Waals surface area contributed by atoms with Crippen molar-refractivity contribution in [3.63, 3.8) is 0 Å². The number of carbonyl (C=O) groups excluding carboxylic acids is 4. The summed E-state index contributed by atoms with van der Waals surface area (Å²) in [6.07, 6.45) is -1.02. The van der Waals surface area contributed by atoms with Crippen molar-refractivity contribution in [1.82, 2.24) is 21.3 Å². The van der Waals surface area contributed by atoms with Gasteiger partial charge in [-0.25, -0.2) is 9.59 Å². The lowest BCUT2D eigenvalue weighted by atomic mass is 10.2. The van der Waals surface area contributed by atoms with Crippen molar-refractivity contribution >= 4 is 30.0 Å². The molecule has 0 spiro atoms. The van der Waals surface area contributed by atoms with Crippen LogP contribution in [0.5, 0.6) is 0 Å². The molecule has 0 aliphatic carbocycles. The van der Waals surface area contributed by atoms with Gasteiger partial charge in [0.25, 0.3) is 5.97 Å². The highest BCUT2D eigenvalue weighted by Gasteiger charge is 2.15. The fraction of sp³-hybridized carbons (Fsp3) is 0.737. The number of carboxylic acid groups (broad SMARTS) is 1. The van der Waals surface area contributed by atoms with Crippen molar-refractivity contribution < 1.29 is 38.6 Å². The normalized spacial score (nSPS) is 9.55. The Balaban J connectivity index is -0.000000186. The van der Waals surface area contributed by atoms with Crippen LogP contribution < -0.4 is 32.7 Å². The monoisotopic (exact) mass is 482 g/mol. The first-order chi connectivity index (χ1) is 14.8. The van der Waals surface area contributed by atoms with E-state index in [1.165, 1.54) is 13.8 Å². The topological polar surface area (TPSA) is 224 Å². The minimum absolute atomic E-state index is 0.0856. The molecule has 33 heavy (non-hydrogen) atoms. The van der Waals surface area contributed by atoms with Gasteiger partial charge >= 0.3 is 12.2 Å². The third-order valence-corrected chi connectivity index (χ3v) is 1.97. The van der Waals surface area contributed by atoms with Gasteiger partial charge in [-0.05, 0) is 41.5 Å². The van der Waals surface area contributed by atoms with E-state index in [0.29, 0.717) is 0 Å². The predicted molar refractivity (Wildman–Crippen MR) is 123 cm³/mol. The van der Waals surface area contributed by atoms with Crippen molar-refractivity contribution in [2.24, 2.45) is 11.5 Å². The number of hydrogen-bond donors (Lipinski definition) is 7. The molecule has 9 N–H and O–H groups in total. The second-order valence-electron chi connectivity index (χ2n) is 7.93. The zero-order chi connectivity index (χ0) is 27.3. The van der Waals surface area contributed by atoms with Crippen LogP contribution in [0.1, 0.15) is 62.3 Å². The van der Waals surface area contributed by atoms with E-state index in [9.17, 15) is 19.2 Å². The van der Waals surface area contributed by atoms with Crippen molar-refractivity contribution in [1.29, 1.82) is 0 Å². The van der Waals surface area contributed by atoms with Crippen LogP contribution in [0.4, 0.5) is 9.59 Å². The van der Waals surface area contributed by atoms with Crippen LogP contribution in [0.15, 0.2) is 0 Å². The SMILES string of the molecule is CC(=O)NCN.CC(=O)NCNC(=O)OC(C)(C)C.CC(=O)O.CC(C)(C)OC(=O)NCN. The molecule has 14 heteroatoms. The third kappa shape index (κ3) is 58.5. The Morgan fingerprint density at radius 3 is 1.18 bits per heavy atom. The summed E-state index contributed by atoms with van der Waals surface area (Å²) in [6.45, 7) is 15.0. The molecule has 0 heterocycles. The predicted octanol–water partition coefficient (Wildman–Crippen LogP) is 0.162. The number of amides is 4. The Morgan fingerprint density at radius 2 is 0.970 bits per heavy atom. The Bertz CT molecular complexity index is 582. The van der Waals surface area contributed by atoms with E-state index in [0.717, 1.165) is 6.92 Å². The number of nitrogens with two attached hydrogens (primary N) is 2. The van der Waals surface area contributed by atoms with Gasteiger partial charge < -0.3 is 47.3 Å². The van der Waals surface area contributed by atoms with Crippen LogP contribution >= 0.6 is 0 Å². The molecule has 0 aliphatic rings. The quantitative estimate of drug-likeness (QED) is 0.269. The number of carbonyl (C=O) groups is 5. The van der Waals surface area contributed by atoms with Gasteiger partial charge in [-0.15, -0.1) is 0 Å². The summed E-state index contributed by atoms with van der Waals surface area (Å²) >= 11 is 0. The molecule has 0 radical (unpaired) electrons. The van der Waals surface area contributed by atoms with Crippen molar-refractivity contribution in [3.05, 3.63) is 0 Å². The summed E-state index contributed by atoms with van der Waals surface area (Å²) in [7, 11) is 0. The average molecular weight is 483 g/mol. The van der Waals surface area contributed by atoms with Crippen molar-refractivity contribution in [2.75, 3.05) is 20.0 Å². The molecule has 0 saturated carbocycles. The third-order valence-electron chi connectivity index (χ3n) is 1.97. The summed E-state index contributed by atoms with van der Waals surface area (Å²) in [6, 6.07) is 0. The minimum Gasteiger partial charge on any atom is -0.481 e. The highest BCUT2D eigenvalue weighted by molar-refractivity contribution is 5.74. The van der Waals surface area contributed by atoms with Crippen LogP contribution in [-0.2, 0) is 23.9 Å². The van der Waals surface area contributed by atoms with E-state index in [1.54, 1.807) is 41.5 Å². The molecule has 0 aliphatic heterocycles. The number of aliphatic carboxylic acids is 1. The Morgan fingerprint density at radius 1 is 0.667 bits per heavy atom. The molecule has 14 nitrogen and oxygen atoms in total. The highest BCUT2D eigenvalue weighted by Crippen LogP contribution is 2.06. The summed E-state index contributed by atoms with van der Waals surface area (Å²) < 4.78 is 9.77. The molecule has 4 amide bonds. The highest BCUT2D eigenvalue weighted by atomic mass is 16.6. The number of hydrogen-bond acceptors (Lipinski definition) is 9. The van der Waals surface area contributed by atoms with Gasteiger partial charge in [-0.3, -0.25) is 14.4 Å². The van der Waals surface area contributed by atoms with Crippen LogP contribution in [0.2, 0.25) is 0 Å². The minimum atomic E-state index is -0.833. The van der Waals surface area contributed by atoms with E-state index < -0.39 is 29.4 Å². The lowest BCUT2D eigenvalue weighted by molar-refractivity contribution is -0.134. The molecule has 0 aromatic heterocycles. The van der Waals surface area contributed by atoms with Gasteiger partial charge in [0.05, 0.1) is 20.0 Å². The molecular weight excluding hydrogens is 440 g/mol. The summed E-state index contributed by atoms with van der Waals surface area (Å²) in [4.78, 5) is 50.9. The van der Waals surface area contributed by atoms with Gasteiger partial charge in [0, 0.05) is 20.8 Å². The van der Waals surface area contributed by atoms with Gasteiger partial charge in [0.1, 0.15) is 11.2 Å². The van der Waals surface area contributed by atoms with E-state index in [2.05, 4.69) is 21.3 Å². The lowest BCUT2D eigenvalue weighted by Gasteiger charge is -2.19. The lowest BCUT2D eigenvalue weighted by Crippen LogP contribution is -2.39. The first kappa shape index (κ1) is 37.2. The molecule has 0 bridgehead atoms. The maximum atomic E-state index is 11.0. The maximum absolute atomic E-state index is 11.0. The summed E-state index contributed by atoms with van der Waals surface area (Å²) in [5.74, 6) is -1.12. The Hall–Kier alpha value is -3.13. The number of nitrogens with one attached hydrogen (secondary N) is 4. The van der Waals surface area contributed by atoms with Crippen LogP contribution in [0.25, 0.3) is 0 Å². The van der Waals surface area contributed by atoms with Crippen molar-refractivity contribution in [2.45, 2.75) is 73.5 Å². The first-order valence-electron chi connectivity index (χ1n) is 9.79. The fourth-order valence-electron chi connectivity index (χ4n) is 1.10. The van der Waals surface area contributed by atoms with Crippen LogP contribution in [-0.4, -0.2) is 66.3 Å². The number of alkyl carbamates (subject to hydrolysis) is 2. The van der Waals surface area contributed by atoms with E-state index in [4.69, 9.17) is 30.8 Å². The zero-order valence-corrected chi connectivity index (χ0v) is 21.1. The van der Waals surface area contributed by atoms with Gasteiger partial charge in [-0.1, -0.05) is 0 Å². The smallest absolute Gasteiger partial charge is 0.409 e. The second-order valence-corrected chi connectivity index (χ2v) is 7.93. The first-order valence-corrected chi connectivity index (χ1v) is 9.79. The molecule has 196 valence electrons. The molecule has 0 aromatic carbocycles. The molecule has 0 atom stereocenters.